The van der Waals surface area contributed by atoms with Crippen LogP contribution in [0.2, 0.25) is 0 Å². The monoisotopic (exact) mass is 263 g/mol. The lowest BCUT2D eigenvalue weighted by Gasteiger charge is -1.99. The highest BCUT2D eigenvalue weighted by atomic mass is 32.1. The van der Waals surface area contributed by atoms with Crippen LogP contribution in [0.1, 0.15) is 13.3 Å². The van der Waals surface area contributed by atoms with E-state index < -0.39 is 6.09 Å². The van der Waals surface area contributed by atoms with E-state index in [9.17, 15) is 9.59 Å². The number of carbonyl (C=O) groups is 1. The molecule has 94 valence electrons. The first-order valence-electron chi connectivity index (χ1n) is 5.67. The molecule has 0 saturated carbocycles. The van der Waals surface area contributed by atoms with Gasteiger partial charge in [0.2, 0.25) is 0 Å². The fourth-order valence-electron chi connectivity index (χ4n) is 1.51. The van der Waals surface area contributed by atoms with Gasteiger partial charge in [-0.15, -0.1) is 0 Å². The Bertz CT molecular complexity index is 639. The summed E-state index contributed by atoms with van der Waals surface area (Å²) in [4.78, 5) is 23.6. The molecule has 1 aromatic heterocycles. The van der Waals surface area contributed by atoms with Crippen LogP contribution in [-0.4, -0.2) is 16.7 Å². The fourth-order valence-corrected chi connectivity index (χ4v) is 2.40. The Hall–Kier alpha value is -1.88. The number of ether oxygens (including phenoxy) is 1. The smallest absolute Gasteiger partial charge is 0.431 e. The Labute approximate surface area is 108 Å². The summed E-state index contributed by atoms with van der Waals surface area (Å²) in [5, 5.41) is 0.545. The van der Waals surface area contributed by atoms with Gasteiger partial charge in [-0.3, -0.25) is 4.79 Å². The van der Waals surface area contributed by atoms with Crippen molar-refractivity contribution in [3.05, 3.63) is 46.8 Å². The SMILES string of the molecule is CCC=CCOC(=O)n1sc2ccccc2c1=O. The lowest BCUT2D eigenvalue weighted by molar-refractivity contribution is 0.162. The second-order valence-electron chi connectivity index (χ2n) is 3.64. The molecule has 0 bridgehead atoms. The van der Waals surface area contributed by atoms with E-state index in [1.54, 1.807) is 18.2 Å². The zero-order valence-corrected chi connectivity index (χ0v) is 10.8. The molecule has 1 aromatic carbocycles. The second-order valence-corrected chi connectivity index (χ2v) is 4.63. The summed E-state index contributed by atoms with van der Waals surface area (Å²) >= 11 is 1.10. The van der Waals surface area contributed by atoms with Crippen LogP contribution < -0.4 is 5.56 Å². The number of hydrogen-bond acceptors (Lipinski definition) is 4. The van der Waals surface area contributed by atoms with Crippen LogP contribution in [0.3, 0.4) is 0 Å². The maximum absolute atomic E-state index is 11.9. The molecule has 2 rings (SSSR count). The van der Waals surface area contributed by atoms with Gasteiger partial charge in [0.1, 0.15) is 6.61 Å². The maximum atomic E-state index is 11.9. The zero-order chi connectivity index (χ0) is 13.0. The minimum absolute atomic E-state index is 0.188. The largest absolute Gasteiger partial charge is 0.444 e. The van der Waals surface area contributed by atoms with E-state index >= 15 is 0 Å². The van der Waals surface area contributed by atoms with Crippen molar-refractivity contribution < 1.29 is 9.53 Å². The Balaban J connectivity index is 2.20. The first kappa shape index (κ1) is 12.6. The molecule has 0 saturated heterocycles. The summed E-state index contributed by atoms with van der Waals surface area (Å²) in [5.74, 6) is 0. The summed E-state index contributed by atoms with van der Waals surface area (Å²) in [7, 11) is 0. The summed E-state index contributed by atoms with van der Waals surface area (Å²) < 4.78 is 6.82. The van der Waals surface area contributed by atoms with Crippen molar-refractivity contribution in [2.75, 3.05) is 6.61 Å². The van der Waals surface area contributed by atoms with E-state index in [1.165, 1.54) is 0 Å². The molecule has 0 unspecified atom stereocenters. The van der Waals surface area contributed by atoms with Gasteiger partial charge in [-0.2, -0.15) is 3.96 Å². The van der Waals surface area contributed by atoms with Crippen LogP contribution >= 0.6 is 11.5 Å². The van der Waals surface area contributed by atoms with E-state index in [4.69, 9.17) is 4.74 Å². The van der Waals surface area contributed by atoms with E-state index in [1.807, 2.05) is 25.1 Å². The first-order chi connectivity index (χ1) is 8.74. The van der Waals surface area contributed by atoms with Crippen molar-refractivity contribution >= 4 is 27.7 Å². The van der Waals surface area contributed by atoms with Crippen molar-refractivity contribution in [3.63, 3.8) is 0 Å². The number of fused-ring (bicyclic) bond motifs is 1. The molecule has 2 aromatic rings. The number of nitrogens with zero attached hydrogens (tertiary/aromatic N) is 1. The van der Waals surface area contributed by atoms with Crippen molar-refractivity contribution in [2.24, 2.45) is 0 Å². The molecule has 1 heterocycles. The first-order valence-corrected chi connectivity index (χ1v) is 6.44. The molecular weight excluding hydrogens is 250 g/mol. The molecule has 0 aliphatic heterocycles. The Morgan fingerprint density at radius 3 is 2.89 bits per heavy atom. The Morgan fingerprint density at radius 1 is 1.39 bits per heavy atom. The number of allylic oxidation sites excluding steroid dienone is 1. The zero-order valence-electron chi connectivity index (χ0n) is 9.96. The second kappa shape index (κ2) is 5.64. The summed E-state index contributed by atoms with van der Waals surface area (Å²) in [5.41, 5.74) is -0.319. The molecule has 0 fully saturated rings. The third-order valence-corrected chi connectivity index (χ3v) is 3.41. The van der Waals surface area contributed by atoms with Crippen molar-refractivity contribution in [1.29, 1.82) is 0 Å². The van der Waals surface area contributed by atoms with Gasteiger partial charge in [0.15, 0.2) is 0 Å². The van der Waals surface area contributed by atoms with Crippen LogP contribution in [0.4, 0.5) is 4.79 Å². The molecule has 4 nitrogen and oxygen atoms in total. The van der Waals surface area contributed by atoms with Crippen LogP contribution in [0, 0.1) is 0 Å². The minimum Gasteiger partial charge on any atom is -0.444 e. The maximum Gasteiger partial charge on any atom is 0.431 e. The summed E-state index contributed by atoms with van der Waals surface area (Å²) in [6.45, 7) is 2.18. The van der Waals surface area contributed by atoms with E-state index in [0.717, 1.165) is 26.6 Å². The highest BCUT2D eigenvalue weighted by molar-refractivity contribution is 7.14. The molecule has 0 aliphatic rings. The topological polar surface area (TPSA) is 48.3 Å². The normalized spacial score (nSPS) is 11.2. The number of aromatic nitrogens is 1. The Kier molecular flexibility index (Phi) is 3.94. The molecule has 5 heteroatoms. The highest BCUT2D eigenvalue weighted by Gasteiger charge is 2.13. The average molecular weight is 263 g/mol. The minimum atomic E-state index is -0.623. The third-order valence-electron chi connectivity index (χ3n) is 2.36. The predicted octanol–water partition coefficient (Wildman–Crippen LogP) is 3.01. The molecule has 0 amide bonds. The lowest BCUT2D eigenvalue weighted by Crippen LogP contribution is -2.22. The molecule has 0 spiro atoms. The Morgan fingerprint density at radius 2 is 2.17 bits per heavy atom. The van der Waals surface area contributed by atoms with Gasteiger partial charge in [0, 0.05) is 0 Å². The van der Waals surface area contributed by atoms with Gasteiger partial charge in [0.05, 0.1) is 10.1 Å². The fraction of sp³-hybridized carbons (Fsp3) is 0.231. The van der Waals surface area contributed by atoms with Crippen LogP contribution in [0.5, 0.6) is 0 Å². The average Bonchev–Trinajstić information content (AvgIpc) is 2.73. The lowest BCUT2D eigenvalue weighted by atomic mass is 10.3. The summed E-state index contributed by atoms with van der Waals surface area (Å²) in [6, 6.07) is 7.12. The number of carbonyl (C=O) groups excluding carboxylic acids is 1. The quantitative estimate of drug-likeness (QED) is 0.800. The van der Waals surface area contributed by atoms with Crippen molar-refractivity contribution in [3.8, 4) is 0 Å². The highest BCUT2D eigenvalue weighted by Crippen LogP contribution is 2.15. The molecule has 0 atom stereocenters. The number of benzene rings is 1. The van der Waals surface area contributed by atoms with Gasteiger partial charge < -0.3 is 4.74 Å². The third kappa shape index (κ3) is 2.51. The van der Waals surface area contributed by atoms with E-state index in [2.05, 4.69) is 0 Å². The van der Waals surface area contributed by atoms with Gasteiger partial charge in [-0.05, 0) is 30.1 Å². The number of hydrogen-bond donors (Lipinski definition) is 0. The molecule has 0 radical (unpaired) electrons. The van der Waals surface area contributed by atoms with Crippen molar-refractivity contribution in [2.45, 2.75) is 13.3 Å². The standard InChI is InChI=1S/C13H13NO3S/c1-2-3-6-9-17-13(16)14-12(15)10-7-4-5-8-11(10)18-14/h3-8H,2,9H2,1H3. The van der Waals surface area contributed by atoms with Crippen LogP contribution in [-0.2, 0) is 4.74 Å². The molecular formula is C13H13NO3S. The molecule has 18 heavy (non-hydrogen) atoms. The van der Waals surface area contributed by atoms with Crippen LogP contribution in [0.25, 0.3) is 10.1 Å². The van der Waals surface area contributed by atoms with Gasteiger partial charge in [0.25, 0.3) is 5.56 Å². The van der Waals surface area contributed by atoms with Crippen molar-refractivity contribution in [1.82, 2.24) is 3.96 Å². The summed E-state index contributed by atoms with van der Waals surface area (Å²) in [6.07, 6.45) is 3.93. The van der Waals surface area contributed by atoms with E-state index in [0.29, 0.717) is 5.39 Å². The van der Waals surface area contributed by atoms with Gasteiger partial charge in [-0.25, -0.2) is 4.79 Å². The number of rotatable bonds is 3. The van der Waals surface area contributed by atoms with E-state index in [-0.39, 0.29) is 12.2 Å². The predicted molar refractivity (Wildman–Crippen MR) is 72.3 cm³/mol. The molecule has 0 aliphatic carbocycles. The molecule has 0 N–H and O–H groups in total. The van der Waals surface area contributed by atoms with Gasteiger partial charge >= 0.3 is 6.09 Å². The van der Waals surface area contributed by atoms with Crippen LogP contribution in [0.15, 0.2) is 41.2 Å². The van der Waals surface area contributed by atoms with Gasteiger partial charge in [-0.1, -0.05) is 31.2 Å².